The molecule has 0 aliphatic carbocycles. The molecule has 0 unspecified atom stereocenters. The molecular formula is C9H10Br2N4S2. The molecule has 2 heterocycles. The van der Waals surface area contributed by atoms with Crippen molar-refractivity contribution in [3.63, 3.8) is 0 Å². The van der Waals surface area contributed by atoms with Crippen LogP contribution in [0, 0.1) is 0 Å². The van der Waals surface area contributed by atoms with Crippen LogP contribution in [0.1, 0.15) is 26.6 Å². The number of rotatable bonds is 2. The lowest BCUT2D eigenvalue weighted by Crippen LogP contribution is -2.13. The Kier molecular flexibility index (Phi) is 3.96. The monoisotopic (exact) mass is 396 g/mol. The summed E-state index contributed by atoms with van der Waals surface area (Å²) in [5.74, 6) is 0.833. The maximum Gasteiger partial charge on any atom is 0.174 e. The predicted molar refractivity (Wildman–Crippen MR) is 77.5 cm³/mol. The van der Waals surface area contributed by atoms with Crippen molar-refractivity contribution < 1.29 is 0 Å². The van der Waals surface area contributed by atoms with Gasteiger partial charge >= 0.3 is 0 Å². The third-order valence-corrected chi connectivity index (χ3v) is 5.80. The van der Waals surface area contributed by atoms with Crippen molar-refractivity contribution in [3.05, 3.63) is 20.5 Å². The Labute approximate surface area is 125 Å². The molecule has 0 spiro atoms. The molecule has 0 aromatic carbocycles. The van der Waals surface area contributed by atoms with Crippen molar-refractivity contribution >= 4 is 55.1 Å². The molecule has 0 N–H and O–H groups in total. The van der Waals surface area contributed by atoms with E-state index in [1.165, 1.54) is 11.9 Å². The van der Waals surface area contributed by atoms with Gasteiger partial charge in [-0.15, -0.1) is 5.10 Å². The van der Waals surface area contributed by atoms with Crippen LogP contribution in [0.2, 0.25) is 0 Å². The third-order valence-electron chi connectivity index (χ3n) is 1.84. The molecule has 0 saturated carbocycles. The van der Waals surface area contributed by atoms with Crippen LogP contribution in [0.3, 0.4) is 0 Å². The van der Waals surface area contributed by atoms with Crippen LogP contribution in [0.4, 0.5) is 0 Å². The molecule has 8 heteroatoms. The fraction of sp³-hybridized carbons (Fsp3) is 0.444. The number of nitrogens with zero attached hydrogens (tertiary/aromatic N) is 4. The molecule has 2 aromatic rings. The fourth-order valence-corrected chi connectivity index (χ4v) is 4.10. The van der Waals surface area contributed by atoms with Gasteiger partial charge in [-0.3, -0.25) is 0 Å². The highest BCUT2D eigenvalue weighted by Gasteiger charge is 2.19. The molecule has 0 bridgehead atoms. The van der Waals surface area contributed by atoms with E-state index >= 15 is 0 Å². The quantitative estimate of drug-likeness (QED) is 0.764. The first-order chi connectivity index (χ1) is 7.86. The number of thiazole rings is 1. The average molecular weight is 398 g/mol. The lowest BCUT2D eigenvalue weighted by molar-refractivity contribution is 0.546. The molecule has 0 amide bonds. The summed E-state index contributed by atoms with van der Waals surface area (Å²) in [6.07, 6.45) is 1.72. The first kappa shape index (κ1) is 13.5. The van der Waals surface area contributed by atoms with Crippen molar-refractivity contribution in [2.45, 2.75) is 30.5 Å². The summed E-state index contributed by atoms with van der Waals surface area (Å²) < 4.78 is 4.45. The van der Waals surface area contributed by atoms with Gasteiger partial charge in [0.15, 0.2) is 10.2 Å². The first-order valence-electron chi connectivity index (χ1n) is 4.78. The van der Waals surface area contributed by atoms with Crippen molar-refractivity contribution in [2.24, 2.45) is 0 Å². The lowest BCUT2D eigenvalue weighted by Gasteiger charge is -2.11. The first-order valence-corrected chi connectivity index (χ1v) is 7.96. The summed E-state index contributed by atoms with van der Waals surface area (Å²) in [5, 5.41) is 4.42. The highest BCUT2D eigenvalue weighted by Crippen LogP contribution is 2.34. The molecule has 0 radical (unpaired) electrons. The van der Waals surface area contributed by atoms with E-state index in [-0.39, 0.29) is 5.41 Å². The predicted octanol–water partition coefficient (Wildman–Crippen LogP) is 4.11. The van der Waals surface area contributed by atoms with E-state index in [1.54, 1.807) is 21.8 Å². The molecule has 0 aliphatic rings. The van der Waals surface area contributed by atoms with E-state index in [4.69, 9.17) is 0 Å². The summed E-state index contributed by atoms with van der Waals surface area (Å²) in [7, 11) is 0. The van der Waals surface area contributed by atoms with Crippen LogP contribution in [-0.2, 0) is 5.41 Å². The molecule has 0 fully saturated rings. The SMILES string of the molecule is CC(C)(C)c1ncn(Sc2nc(Br)c(Br)s2)n1. The van der Waals surface area contributed by atoms with Gasteiger partial charge in [0.2, 0.25) is 0 Å². The van der Waals surface area contributed by atoms with E-state index in [0.29, 0.717) is 0 Å². The highest BCUT2D eigenvalue weighted by molar-refractivity contribution is 9.13. The highest BCUT2D eigenvalue weighted by atomic mass is 79.9. The minimum atomic E-state index is -0.0319. The second-order valence-corrected chi connectivity index (χ2v) is 8.63. The lowest BCUT2D eigenvalue weighted by atomic mass is 9.96. The summed E-state index contributed by atoms with van der Waals surface area (Å²) in [6.45, 7) is 6.27. The number of hydrogen-bond acceptors (Lipinski definition) is 5. The zero-order valence-corrected chi connectivity index (χ0v) is 14.2. The summed E-state index contributed by atoms with van der Waals surface area (Å²) >= 11 is 9.79. The Bertz CT molecular complexity index is 510. The van der Waals surface area contributed by atoms with Crippen LogP contribution in [-0.4, -0.2) is 19.2 Å². The fourth-order valence-electron chi connectivity index (χ4n) is 1.02. The number of hydrogen-bond donors (Lipinski definition) is 0. The molecule has 4 nitrogen and oxygen atoms in total. The van der Waals surface area contributed by atoms with Gasteiger partial charge in [-0.05, 0) is 31.9 Å². The zero-order valence-electron chi connectivity index (χ0n) is 9.44. The molecule has 92 valence electrons. The Morgan fingerprint density at radius 1 is 1.35 bits per heavy atom. The Hall–Kier alpha value is 0.0800. The minimum absolute atomic E-state index is 0.0319. The van der Waals surface area contributed by atoms with Crippen LogP contribution >= 0.6 is 55.1 Å². The Morgan fingerprint density at radius 2 is 2.06 bits per heavy atom. The van der Waals surface area contributed by atoms with Crippen molar-refractivity contribution in [1.82, 2.24) is 19.2 Å². The van der Waals surface area contributed by atoms with E-state index in [2.05, 4.69) is 67.7 Å². The van der Waals surface area contributed by atoms with Crippen LogP contribution in [0.5, 0.6) is 0 Å². The number of aromatic nitrogens is 4. The number of halogens is 2. The van der Waals surface area contributed by atoms with Gasteiger partial charge in [0.25, 0.3) is 0 Å². The standard InChI is InChI=1S/C9H10Br2N4S2/c1-9(2,3)7-12-4-15(14-7)17-8-13-5(10)6(11)16-8/h4H,1-3H3. The molecule has 2 rings (SSSR count). The van der Waals surface area contributed by atoms with Gasteiger partial charge in [0.05, 0.1) is 0 Å². The average Bonchev–Trinajstić information content (AvgIpc) is 2.75. The Balaban J connectivity index is 2.17. The van der Waals surface area contributed by atoms with Crippen molar-refractivity contribution in [3.8, 4) is 0 Å². The normalized spacial score (nSPS) is 12.1. The minimum Gasteiger partial charge on any atom is -0.220 e. The van der Waals surface area contributed by atoms with E-state index in [9.17, 15) is 0 Å². The zero-order chi connectivity index (χ0) is 12.6. The van der Waals surface area contributed by atoms with E-state index in [1.807, 2.05) is 0 Å². The maximum absolute atomic E-state index is 4.42. The summed E-state index contributed by atoms with van der Waals surface area (Å²) in [6, 6.07) is 0. The van der Waals surface area contributed by atoms with E-state index < -0.39 is 0 Å². The van der Waals surface area contributed by atoms with Crippen LogP contribution < -0.4 is 0 Å². The molecule has 0 atom stereocenters. The van der Waals surface area contributed by atoms with Gasteiger partial charge in [0, 0.05) is 17.4 Å². The summed E-state index contributed by atoms with van der Waals surface area (Å²) in [5.41, 5.74) is -0.0319. The second-order valence-electron chi connectivity index (χ2n) is 4.36. The molecule has 0 aliphatic heterocycles. The van der Waals surface area contributed by atoms with Crippen LogP contribution in [0.25, 0.3) is 0 Å². The maximum atomic E-state index is 4.42. The van der Waals surface area contributed by atoms with Gasteiger partial charge in [-0.25, -0.2) is 9.97 Å². The van der Waals surface area contributed by atoms with Crippen LogP contribution in [0.15, 0.2) is 19.1 Å². The van der Waals surface area contributed by atoms with Gasteiger partial charge in [-0.2, -0.15) is 4.09 Å². The molecule has 2 aromatic heterocycles. The molecule has 0 saturated heterocycles. The van der Waals surface area contributed by atoms with Gasteiger partial charge in [-0.1, -0.05) is 32.1 Å². The summed E-state index contributed by atoms with van der Waals surface area (Å²) in [4.78, 5) is 8.64. The topological polar surface area (TPSA) is 43.6 Å². The largest absolute Gasteiger partial charge is 0.220 e. The van der Waals surface area contributed by atoms with Gasteiger partial charge in [0.1, 0.15) is 14.7 Å². The molecule has 17 heavy (non-hydrogen) atoms. The van der Waals surface area contributed by atoms with E-state index in [0.717, 1.165) is 18.6 Å². The van der Waals surface area contributed by atoms with Crippen molar-refractivity contribution in [1.29, 1.82) is 0 Å². The van der Waals surface area contributed by atoms with Gasteiger partial charge < -0.3 is 0 Å². The Morgan fingerprint density at radius 3 is 2.53 bits per heavy atom. The smallest absolute Gasteiger partial charge is 0.174 e. The third kappa shape index (κ3) is 3.30. The molecular weight excluding hydrogens is 388 g/mol. The van der Waals surface area contributed by atoms with Crippen molar-refractivity contribution in [2.75, 3.05) is 0 Å². The second kappa shape index (κ2) is 4.99.